The standard InChI is InChI=1S/C36H46F6O12/c1-17-9-11-21-25(27(35(37,38)39)47-29-33(21)19(17)13-15-31(3,49-29)51-53-33)45-23(43)7-5-6-8-24(44)46-26-22-12-10-18(2)20-14-16-32(4)50-30(34(20,22)54-52-32)48-28(26)36(40,41)42/h5-6,17-24,29-30,43-44H,7-16H2,1-4H3/b6-5+/t17-,18-,19?,20?,21?,22?,23?,24?,29-,30-,31-,32-,33-,34-/m1/s1. The first-order valence-electron chi connectivity index (χ1n) is 18.7. The van der Waals surface area contributed by atoms with Crippen molar-refractivity contribution in [2.75, 3.05) is 0 Å². The molecule has 14 atom stereocenters. The molecule has 54 heavy (non-hydrogen) atoms. The number of rotatable bonds is 8. The SMILES string of the molecule is C[C@@H]1CCC2C(OC(O)C/C=C/CC(O)OC3=C(C(F)(F)F)O[C@@H]4O[C@@]5(C)CCC6[C@H](C)CCC3[C@]64OO5)=C(C(F)(F)F)O[C@@H]3O[C@@]4(C)CCC1[C@@]23OO4. The molecule has 304 valence electrons. The summed E-state index contributed by atoms with van der Waals surface area (Å²) in [5, 5.41) is 21.7. The van der Waals surface area contributed by atoms with Gasteiger partial charge in [-0.2, -0.15) is 26.3 Å². The first kappa shape index (κ1) is 38.5. The summed E-state index contributed by atoms with van der Waals surface area (Å²) in [4.78, 5) is 23.1. The minimum absolute atomic E-state index is 0.0438. The van der Waals surface area contributed by atoms with E-state index in [1.807, 2.05) is 13.8 Å². The minimum Gasteiger partial charge on any atom is -0.465 e. The zero-order valence-corrected chi connectivity index (χ0v) is 30.2. The van der Waals surface area contributed by atoms with E-state index in [2.05, 4.69) is 0 Å². The predicted octanol–water partition coefficient (Wildman–Crippen LogP) is 7.03. The Bertz CT molecular complexity index is 1460. The maximum Gasteiger partial charge on any atom is 0.452 e. The predicted molar refractivity (Wildman–Crippen MR) is 166 cm³/mol. The van der Waals surface area contributed by atoms with E-state index in [9.17, 15) is 36.6 Å². The van der Waals surface area contributed by atoms with Gasteiger partial charge in [0.05, 0.1) is 11.8 Å². The van der Waals surface area contributed by atoms with Crippen LogP contribution < -0.4 is 0 Å². The minimum atomic E-state index is -5.00. The van der Waals surface area contributed by atoms with Crippen LogP contribution in [-0.2, 0) is 48.0 Å². The molecule has 10 aliphatic rings. The number of allylic oxidation sites excluding steroid dienone is 2. The quantitative estimate of drug-likeness (QED) is 0.113. The maximum atomic E-state index is 14.5. The third-order valence-corrected chi connectivity index (χ3v) is 12.8. The van der Waals surface area contributed by atoms with Crippen LogP contribution in [0, 0.1) is 35.5 Å². The van der Waals surface area contributed by atoms with Gasteiger partial charge >= 0.3 is 12.4 Å². The van der Waals surface area contributed by atoms with E-state index in [4.69, 9.17) is 48.0 Å². The van der Waals surface area contributed by atoms with Crippen LogP contribution in [0.25, 0.3) is 0 Å². The molecule has 2 aliphatic carbocycles. The molecular weight excluding hydrogens is 738 g/mol. The van der Waals surface area contributed by atoms with Crippen LogP contribution in [0.4, 0.5) is 26.3 Å². The van der Waals surface area contributed by atoms with Crippen LogP contribution in [0.1, 0.15) is 91.9 Å². The highest BCUT2D eigenvalue weighted by atomic mass is 19.4. The topological polar surface area (TPSA) is 133 Å². The Morgan fingerprint density at radius 1 is 0.648 bits per heavy atom. The van der Waals surface area contributed by atoms with Crippen LogP contribution >= 0.6 is 0 Å². The van der Waals surface area contributed by atoms with Gasteiger partial charge in [0, 0.05) is 37.5 Å². The highest BCUT2D eigenvalue weighted by Gasteiger charge is 2.73. The lowest BCUT2D eigenvalue weighted by atomic mass is 9.61. The van der Waals surface area contributed by atoms with Crippen molar-refractivity contribution in [3.05, 3.63) is 35.2 Å². The highest BCUT2D eigenvalue weighted by Crippen LogP contribution is 2.63. The number of ether oxygens (including phenoxy) is 6. The van der Waals surface area contributed by atoms with Crippen molar-refractivity contribution < 1.29 is 84.5 Å². The Morgan fingerprint density at radius 2 is 1.04 bits per heavy atom. The third kappa shape index (κ3) is 6.12. The van der Waals surface area contributed by atoms with Gasteiger partial charge in [-0.15, -0.1) is 0 Å². The third-order valence-electron chi connectivity index (χ3n) is 12.8. The number of aliphatic hydroxyl groups excluding tert-OH is 2. The molecule has 6 unspecified atom stereocenters. The van der Waals surface area contributed by atoms with Crippen LogP contribution in [0.3, 0.4) is 0 Å². The van der Waals surface area contributed by atoms with Gasteiger partial charge in [0.25, 0.3) is 0 Å². The second kappa shape index (κ2) is 13.1. The zero-order chi connectivity index (χ0) is 38.6. The lowest BCUT2D eigenvalue weighted by molar-refractivity contribution is -0.559. The van der Waals surface area contributed by atoms with Crippen molar-refractivity contribution in [3.63, 3.8) is 0 Å². The van der Waals surface area contributed by atoms with Crippen LogP contribution in [0.15, 0.2) is 35.2 Å². The van der Waals surface area contributed by atoms with Crippen LogP contribution in [0.2, 0.25) is 0 Å². The lowest BCUT2D eigenvalue weighted by Gasteiger charge is -2.57. The molecule has 0 amide bonds. The van der Waals surface area contributed by atoms with Crippen LogP contribution in [0.5, 0.6) is 0 Å². The summed E-state index contributed by atoms with van der Waals surface area (Å²) in [7, 11) is 0. The van der Waals surface area contributed by atoms with Gasteiger partial charge in [0.15, 0.2) is 22.7 Å². The Labute approximate surface area is 307 Å². The van der Waals surface area contributed by atoms with Gasteiger partial charge in [-0.25, -0.2) is 19.6 Å². The zero-order valence-electron chi connectivity index (χ0n) is 30.2. The summed E-state index contributed by atoms with van der Waals surface area (Å²) >= 11 is 0. The summed E-state index contributed by atoms with van der Waals surface area (Å²) < 4.78 is 121. The fourth-order valence-corrected chi connectivity index (χ4v) is 10.2. The normalized spacial score (nSPS) is 45.5. The van der Waals surface area contributed by atoms with Crippen molar-refractivity contribution in [1.82, 2.24) is 0 Å². The fourth-order valence-electron chi connectivity index (χ4n) is 10.2. The lowest BCUT2D eigenvalue weighted by Crippen LogP contribution is -2.67. The monoisotopic (exact) mass is 784 g/mol. The number of hydrogen-bond acceptors (Lipinski definition) is 12. The van der Waals surface area contributed by atoms with E-state index in [0.29, 0.717) is 38.5 Å². The second-order valence-electron chi connectivity index (χ2n) is 16.4. The Morgan fingerprint density at radius 3 is 1.41 bits per heavy atom. The molecule has 0 radical (unpaired) electrons. The van der Waals surface area contributed by atoms with E-state index in [1.54, 1.807) is 13.8 Å². The molecule has 2 N–H and O–H groups in total. The molecule has 2 saturated carbocycles. The first-order chi connectivity index (χ1) is 25.3. The number of hydrogen-bond donors (Lipinski definition) is 2. The molecule has 0 aromatic carbocycles. The van der Waals surface area contributed by atoms with Crippen LogP contribution in [-0.4, -0.2) is 70.5 Å². The number of alkyl halides is 6. The van der Waals surface area contributed by atoms with Gasteiger partial charge in [-0.1, -0.05) is 26.0 Å². The molecule has 2 spiro atoms. The van der Waals surface area contributed by atoms with E-state index in [1.165, 1.54) is 12.2 Å². The smallest absolute Gasteiger partial charge is 0.452 e. The van der Waals surface area contributed by atoms with E-state index >= 15 is 0 Å². The highest BCUT2D eigenvalue weighted by molar-refractivity contribution is 5.26. The summed E-state index contributed by atoms with van der Waals surface area (Å²) in [5.41, 5.74) is -2.90. The second-order valence-corrected chi connectivity index (χ2v) is 16.4. The Balaban J connectivity index is 0.976. The molecule has 10 rings (SSSR count). The number of aliphatic hydroxyl groups is 2. The summed E-state index contributed by atoms with van der Waals surface area (Å²) in [6.45, 7) is 7.13. The summed E-state index contributed by atoms with van der Waals surface area (Å²) in [6, 6.07) is 0. The molecule has 0 aromatic heterocycles. The van der Waals surface area contributed by atoms with Crippen molar-refractivity contribution in [2.24, 2.45) is 35.5 Å². The molecule has 12 nitrogen and oxygen atoms in total. The molecule has 18 heteroatoms. The van der Waals surface area contributed by atoms with E-state index in [-0.39, 0.29) is 49.4 Å². The molecule has 6 saturated heterocycles. The first-order valence-corrected chi connectivity index (χ1v) is 18.7. The average molecular weight is 785 g/mol. The van der Waals surface area contributed by atoms with Crippen molar-refractivity contribution >= 4 is 0 Å². The van der Waals surface area contributed by atoms with Crippen molar-refractivity contribution in [2.45, 2.75) is 152 Å². The summed E-state index contributed by atoms with van der Waals surface area (Å²) in [6.07, 6.45) is -11.2. The van der Waals surface area contributed by atoms with Crippen molar-refractivity contribution in [1.29, 1.82) is 0 Å². The van der Waals surface area contributed by atoms with Gasteiger partial charge in [0.1, 0.15) is 0 Å². The number of fused-ring (bicyclic) bond motifs is 4. The Kier molecular flexibility index (Phi) is 9.36. The largest absolute Gasteiger partial charge is 0.465 e. The average Bonchev–Trinajstić information content (AvgIpc) is 3.46. The summed E-state index contributed by atoms with van der Waals surface area (Å²) in [5.74, 6) is -9.25. The van der Waals surface area contributed by atoms with Gasteiger partial charge < -0.3 is 38.6 Å². The molecule has 8 fully saturated rings. The molecule has 0 aromatic rings. The Hall–Kier alpha value is -2.32. The van der Waals surface area contributed by atoms with Crippen molar-refractivity contribution in [3.8, 4) is 0 Å². The maximum absolute atomic E-state index is 14.5. The molecule has 8 aliphatic heterocycles. The van der Waals surface area contributed by atoms with E-state index in [0.717, 1.165) is 0 Å². The van der Waals surface area contributed by atoms with Gasteiger partial charge in [0.2, 0.25) is 48.3 Å². The van der Waals surface area contributed by atoms with E-state index < -0.39 is 95.2 Å². The molecular formula is C36H46F6O12. The number of halogens is 6. The van der Waals surface area contributed by atoms with Gasteiger partial charge in [-0.05, 0) is 64.2 Å². The van der Waals surface area contributed by atoms with Gasteiger partial charge in [-0.3, -0.25) is 0 Å². The molecule has 4 bridgehead atoms. The molecule has 8 heterocycles. The fraction of sp³-hybridized carbons (Fsp3) is 0.833.